The Morgan fingerprint density at radius 3 is 2.54 bits per heavy atom. The standard InChI is InChI=1S/C21H24BN3O3/c1-13(2)18-21(3,4)28-22(27-18)14-10-11-17-16(12-14)19(26)25(20(23)24-17)15-8-6-5-7-9-15/h5-13,18H,1-4H3,(H2,23,24). The van der Waals surface area contributed by atoms with Crippen molar-refractivity contribution in [3.63, 3.8) is 0 Å². The molecular formula is C21H24BN3O3. The molecule has 1 fully saturated rings. The van der Waals surface area contributed by atoms with E-state index in [1.807, 2.05) is 50.2 Å². The minimum atomic E-state index is -0.520. The van der Waals surface area contributed by atoms with Crippen molar-refractivity contribution in [3.8, 4) is 5.69 Å². The molecule has 0 spiro atoms. The number of anilines is 1. The molecule has 1 saturated heterocycles. The first-order valence-electron chi connectivity index (χ1n) is 9.49. The van der Waals surface area contributed by atoms with Crippen molar-refractivity contribution in [2.75, 3.05) is 5.73 Å². The molecule has 1 aliphatic rings. The van der Waals surface area contributed by atoms with E-state index in [1.165, 1.54) is 4.57 Å². The number of aromatic nitrogens is 2. The van der Waals surface area contributed by atoms with E-state index >= 15 is 0 Å². The van der Waals surface area contributed by atoms with Crippen LogP contribution < -0.4 is 16.8 Å². The maximum atomic E-state index is 13.2. The Kier molecular flexibility index (Phi) is 4.52. The third kappa shape index (κ3) is 3.10. The number of hydrogen-bond donors (Lipinski definition) is 1. The van der Waals surface area contributed by atoms with Crippen LogP contribution >= 0.6 is 0 Å². The molecule has 0 aliphatic carbocycles. The van der Waals surface area contributed by atoms with Crippen LogP contribution in [0.4, 0.5) is 5.95 Å². The van der Waals surface area contributed by atoms with Crippen LogP contribution in [-0.2, 0) is 9.31 Å². The van der Waals surface area contributed by atoms with Gasteiger partial charge in [0.15, 0.2) is 0 Å². The lowest BCUT2D eigenvalue weighted by Gasteiger charge is -2.28. The molecule has 0 radical (unpaired) electrons. The Labute approximate surface area is 164 Å². The van der Waals surface area contributed by atoms with Gasteiger partial charge >= 0.3 is 7.12 Å². The number of nitrogen functional groups attached to an aromatic ring is 1. The van der Waals surface area contributed by atoms with Crippen molar-refractivity contribution in [1.29, 1.82) is 0 Å². The Bertz CT molecular complexity index is 1080. The number of hydrogen-bond acceptors (Lipinski definition) is 5. The van der Waals surface area contributed by atoms with Crippen LogP contribution in [0.25, 0.3) is 16.6 Å². The van der Waals surface area contributed by atoms with Gasteiger partial charge < -0.3 is 15.0 Å². The normalized spacial score (nSPS) is 18.9. The van der Waals surface area contributed by atoms with Crippen LogP contribution in [0, 0.1) is 5.92 Å². The molecule has 4 rings (SSSR count). The third-order valence-electron chi connectivity index (χ3n) is 5.18. The summed E-state index contributed by atoms with van der Waals surface area (Å²) >= 11 is 0. The second-order valence-electron chi connectivity index (χ2n) is 8.08. The van der Waals surface area contributed by atoms with Gasteiger partial charge in [-0.2, -0.15) is 0 Å². The monoisotopic (exact) mass is 377 g/mol. The van der Waals surface area contributed by atoms with Gasteiger partial charge in [0.25, 0.3) is 5.56 Å². The van der Waals surface area contributed by atoms with Gasteiger partial charge in [-0.05, 0) is 49.5 Å². The smallest absolute Gasteiger partial charge is 0.401 e. The predicted molar refractivity (Wildman–Crippen MR) is 112 cm³/mol. The Balaban J connectivity index is 1.81. The highest BCUT2D eigenvalue weighted by atomic mass is 16.7. The molecular weight excluding hydrogens is 353 g/mol. The van der Waals surface area contributed by atoms with Gasteiger partial charge in [0.05, 0.1) is 28.3 Å². The van der Waals surface area contributed by atoms with Gasteiger partial charge in [-0.15, -0.1) is 0 Å². The minimum Gasteiger partial charge on any atom is -0.401 e. The first-order valence-corrected chi connectivity index (χ1v) is 9.49. The van der Waals surface area contributed by atoms with Gasteiger partial charge in [0.1, 0.15) is 0 Å². The summed E-state index contributed by atoms with van der Waals surface area (Å²) in [7, 11) is -0.520. The number of fused-ring (bicyclic) bond motifs is 1. The van der Waals surface area contributed by atoms with Gasteiger partial charge in [0, 0.05) is 0 Å². The highest BCUT2D eigenvalue weighted by molar-refractivity contribution is 6.62. The molecule has 144 valence electrons. The molecule has 0 saturated carbocycles. The summed E-state index contributed by atoms with van der Waals surface area (Å²) in [6, 6.07) is 14.7. The first-order chi connectivity index (χ1) is 13.3. The molecule has 1 atom stereocenters. The fourth-order valence-corrected chi connectivity index (χ4v) is 3.97. The molecule has 1 aromatic heterocycles. The van der Waals surface area contributed by atoms with E-state index in [0.717, 1.165) is 5.46 Å². The van der Waals surface area contributed by atoms with Crippen LogP contribution in [0.1, 0.15) is 27.7 Å². The summed E-state index contributed by atoms with van der Waals surface area (Å²) in [5.41, 5.74) is 7.48. The molecule has 2 heterocycles. The summed E-state index contributed by atoms with van der Waals surface area (Å²) in [5.74, 6) is 0.475. The Morgan fingerprint density at radius 1 is 1.18 bits per heavy atom. The maximum absolute atomic E-state index is 13.2. The molecule has 0 amide bonds. The lowest BCUT2D eigenvalue weighted by Crippen LogP contribution is -2.37. The summed E-state index contributed by atoms with van der Waals surface area (Å²) in [4.78, 5) is 17.6. The van der Waals surface area contributed by atoms with Crippen molar-refractivity contribution in [3.05, 3.63) is 58.9 Å². The van der Waals surface area contributed by atoms with E-state index in [-0.39, 0.29) is 17.6 Å². The number of para-hydroxylation sites is 1. The number of nitrogens with zero attached hydrogens (tertiary/aromatic N) is 2. The topological polar surface area (TPSA) is 79.4 Å². The molecule has 2 aromatic carbocycles. The van der Waals surface area contributed by atoms with E-state index in [0.29, 0.717) is 22.5 Å². The lowest BCUT2D eigenvalue weighted by atomic mass is 9.78. The first kappa shape index (κ1) is 18.7. The third-order valence-corrected chi connectivity index (χ3v) is 5.18. The second-order valence-corrected chi connectivity index (χ2v) is 8.08. The van der Waals surface area contributed by atoms with E-state index < -0.39 is 12.7 Å². The predicted octanol–water partition coefficient (Wildman–Crippen LogP) is 2.51. The zero-order valence-electron chi connectivity index (χ0n) is 16.5. The summed E-state index contributed by atoms with van der Waals surface area (Å²) < 4.78 is 13.8. The molecule has 1 aliphatic heterocycles. The van der Waals surface area contributed by atoms with Crippen molar-refractivity contribution in [1.82, 2.24) is 9.55 Å². The Hall–Kier alpha value is -2.64. The molecule has 1 unspecified atom stereocenters. The molecule has 2 N–H and O–H groups in total. The highest BCUT2D eigenvalue weighted by Crippen LogP contribution is 2.32. The number of benzene rings is 2. The molecule has 6 nitrogen and oxygen atoms in total. The Morgan fingerprint density at radius 2 is 1.89 bits per heavy atom. The van der Waals surface area contributed by atoms with Crippen molar-refractivity contribution in [2.45, 2.75) is 39.4 Å². The average Bonchev–Trinajstić information content (AvgIpc) is 2.98. The van der Waals surface area contributed by atoms with Crippen LogP contribution in [0.2, 0.25) is 0 Å². The highest BCUT2D eigenvalue weighted by Gasteiger charge is 2.47. The van der Waals surface area contributed by atoms with Crippen LogP contribution in [-0.4, -0.2) is 28.4 Å². The average molecular weight is 377 g/mol. The van der Waals surface area contributed by atoms with E-state index in [1.54, 1.807) is 12.1 Å². The largest absolute Gasteiger partial charge is 0.494 e. The zero-order chi connectivity index (χ0) is 20.1. The van der Waals surface area contributed by atoms with Crippen molar-refractivity contribution in [2.24, 2.45) is 5.92 Å². The van der Waals surface area contributed by atoms with Crippen LogP contribution in [0.15, 0.2) is 53.3 Å². The van der Waals surface area contributed by atoms with E-state index in [2.05, 4.69) is 18.8 Å². The fraction of sp³-hybridized carbons (Fsp3) is 0.333. The SMILES string of the molecule is CC(C)C1OB(c2ccc3nc(N)n(-c4ccccc4)c(=O)c3c2)OC1(C)C. The second kappa shape index (κ2) is 6.76. The van der Waals surface area contributed by atoms with Gasteiger partial charge in [-0.1, -0.05) is 38.1 Å². The molecule has 0 bridgehead atoms. The molecule has 28 heavy (non-hydrogen) atoms. The van der Waals surface area contributed by atoms with Gasteiger partial charge in [-0.3, -0.25) is 4.79 Å². The van der Waals surface area contributed by atoms with Crippen LogP contribution in [0.5, 0.6) is 0 Å². The quantitative estimate of drug-likeness (QED) is 0.710. The lowest BCUT2D eigenvalue weighted by molar-refractivity contribution is 0.0438. The number of nitrogens with two attached hydrogens (primary N) is 1. The fourth-order valence-electron chi connectivity index (χ4n) is 3.97. The summed E-state index contributed by atoms with van der Waals surface area (Å²) in [6.45, 7) is 8.29. The number of rotatable bonds is 3. The van der Waals surface area contributed by atoms with Crippen molar-refractivity contribution >= 4 is 29.4 Å². The van der Waals surface area contributed by atoms with Crippen molar-refractivity contribution < 1.29 is 9.31 Å². The molecule has 7 heteroatoms. The molecule has 3 aromatic rings. The summed E-state index contributed by atoms with van der Waals surface area (Å²) in [5, 5.41) is 0.480. The van der Waals surface area contributed by atoms with Gasteiger partial charge in [-0.25, -0.2) is 9.55 Å². The minimum absolute atomic E-state index is 0.0290. The summed E-state index contributed by atoms with van der Waals surface area (Å²) in [6.07, 6.45) is -0.0290. The van der Waals surface area contributed by atoms with Gasteiger partial charge in [0.2, 0.25) is 5.95 Å². The van der Waals surface area contributed by atoms with E-state index in [4.69, 9.17) is 15.0 Å². The van der Waals surface area contributed by atoms with E-state index in [9.17, 15) is 4.79 Å². The van der Waals surface area contributed by atoms with Crippen LogP contribution in [0.3, 0.4) is 0 Å². The maximum Gasteiger partial charge on any atom is 0.494 e. The zero-order valence-corrected chi connectivity index (χ0v) is 16.5.